The Kier molecular flexibility index (Phi) is 3.58. The number of nitrogens with zero attached hydrogens (tertiary/aromatic N) is 1. The van der Waals surface area contributed by atoms with Crippen molar-refractivity contribution in [1.29, 1.82) is 0 Å². The Hall–Kier alpha value is -3.28. The van der Waals surface area contributed by atoms with Gasteiger partial charge in [0, 0.05) is 35.6 Å². The van der Waals surface area contributed by atoms with E-state index >= 15 is 0 Å². The maximum absolute atomic E-state index is 13.3. The molecule has 1 saturated carbocycles. The Morgan fingerprint density at radius 2 is 1.90 bits per heavy atom. The predicted octanol–water partition coefficient (Wildman–Crippen LogP) is 3.78. The summed E-state index contributed by atoms with van der Waals surface area (Å²) in [6, 6.07) is 15.4. The molecule has 0 bridgehead atoms. The summed E-state index contributed by atoms with van der Waals surface area (Å²) in [7, 11) is 0. The SMILES string of the molecule is Cc1c(C(=O)N2C[C@H]3CC[C@]4(NC(=O)c5ccccc5N4)[C@H]3C2)oc2ccccc12. The van der Waals surface area contributed by atoms with Crippen LogP contribution < -0.4 is 10.6 Å². The standard InChI is InChI=1S/C24H23N3O3/c1-14-16-6-3-5-9-20(16)30-21(14)23(29)27-12-15-10-11-24(18(15)13-27)25-19-8-4-2-7-17(19)22(28)26-24/h2-9,15,18,25H,10-13H2,1H3,(H,26,28)/t15-,18+,24+/m1/s1. The van der Waals surface area contributed by atoms with Crippen LogP contribution in [0.2, 0.25) is 0 Å². The molecule has 152 valence electrons. The quantitative estimate of drug-likeness (QED) is 0.651. The van der Waals surface area contributed by atoms with Crippen molar-refractivity contribution in [2.45, 2.75) is 25.4 Å². The molecule has 6 rings (SSSR count). The summed E-state index contributed by atoms with van der Waals surface area (Å²) in [5.74, 6) is 0.857. The van der Waals surface area contributed by atoms with Gasteiger partial charge >= 0.3 is 0 Å². The maximum atomic E-state index is 13.3. The lowest BCUT2D eigenvalue weighted by Gasteiger charge is -2.41. The molecule has 0 radical (unpaired) electrons. The lowest BCUT2D eigenvalue weighted by Crippen LogP contribution is -2.61. The van der Waals surface area contributed by atoms with Crippen LogP contribution in [0.25, 0.3) is 11.0 Å². The molecule has 1 aromatic heterocycles. The summed E-state index contributed by atoms with van der Waals surface area (Å²) in [5.41, 5.74) is 2.69. The number of furan rings is 1. The van der Waals surface area contributed by atoms with Gasteiger partial charge in [0.25, 0.3) is 11.8 Å². The molecule has 1 spiro atoms. The Morgan fingerprint density at radius 3 is 2.77 bits per heavy atom. The molecule has 3 atom stereocenters. The minimum absolute atomic E-state index is 0.0390. The van der Waals surface area contributed by atoms with Crippen LogP contribution in [-0.4, -0.2) is 35.5 Å². The number of fused-ring (bicyclic) bond motifs is 4. The van der Waals surface area contributed by atoms with Crippen LogP contribution in [0.3, 0.4) is 0 Å². The summed E-state index contributed by atoms with van der Waals surface area (Å²) >= 11 is 0. The number of hydrogen-bond donors (Lipinski definition) is 2. The molecule has 1 aliphatic carbocycles. The second-order valence-corrected chi connectivity index (χ2v) is 8.76. The lowest BCUT2D eigenvalue weighted by atomic mass is 9.89. The summed E-state index contributed by atoms with van der Waals surface area (Å²) in [5, 5.41) is 7.83. The fourth-order valence-electron chi connectivity index (χ4n) is 5.65. The number of nitrogens with one attached hydrogen (secondary N) is 2. The van der Waals surface area contributed by atoms with E-state index in [1.54, 1.807) is 0 Å². The molecular weight excluding hydrogens is 378 g/mol. The molecule has 6 nitrogen and oxygen atoms in total. The fraction of sp³-hybridized carbons (Fsp3) is 0.333. The minimum Gasteiger partial charge on any atom is -0.451 e. The van der Waals surface area contributed by atoms with Gasteiger partial charge in [-0.25, -0.2) is 0 Å². The second kappa shape index (κ2) is 6.11. The van der Waals surface area contributed by atoms with E-state index in [4.69, 9.17) is 4.42 Å². The van der Waals surface area contributed by atoms with Crippen LogP contribution >= 0.6 is 0 Å². The molecule has 3 aromatic rings. The first-order valence-corrected chi connectivity index (χ1v) is 10.5. The van der Waals surface area contributed by atoms with Crippen molar-refractivity contribution in [2.75, 3.05) is 18.4 Å². The van der Waals surface area contributed by atoms with Gasteiger partial charge in [-0.2, -0.15) is 0 Å². The van der Waals surface area contributed by atoms with E-state index in [1.807, 2.05) is 60.4 Å². The van der Waals surface area contributed by atoms with Gasteiger partial charge in [-0.3, -0.25) is 9.59 Å². The van der Waals surface area contributed by atoms with Gasteiger partial charge in [0.2, 0.25) is 0 Å². The van der Waals surface area contributed by atoms with Crippen molar-refractivity contribution in [3.63, 3.8) is 0 Å². The van der Waals surface area contributed by atoms with Crippen LogP contribution in [0.5, 0.6) is 0 Å². The summed E-state index contributed by atoms with van der Waals surface area (Å²) in [6.45, 7) is 3.24. The first kappa shape index (κ1) is 17.6. The first-order valence-electron chi connectivity index (χ1n) is 10.5. The first-order chi connectivity index (χ1) is 14.6. The Morgan fingerprint density at radius 1 is 1.10 bits per heavy atom. The van der Waals surface area contributed by atoms with Crippen molar-refractivity contribution >= 4 is 28.5 Å². The topological polar surface area (TPSA) is 74.6 Å². The fourth-order valence-corrected chi connectivity index (χ4v) is 5.65. The molecular formula is C24H23N3O3. The number of carbonyl (C=O) groups excluding carboxylic acids is 2. The highest BCUT2D eigenvalue weighted by Gasteiger charge is 2.56. The normalized spacial score (nSPS) is 27.1. The molecule has 2 fully saturated rings. The van der Waals surface area contributed by atoms with Crippen LogP contribution in [-0.2, 0) is 0 Å². The number of likely N-dealkylation sites (tertiary alicyclic amines) is 1. The Balaban J connectivity index is 1.29. The maximum Gasteiger partial charge on any atom is 0.289 e. The average Bonchev–Trinajstić information content (AvgIpc) is 3.42. The zero-order valence-corrected chi connectivity index (χ0v) is 16.8. The Labute approximate surface area is 174 Å². The predicted molar refractivity (Wildman–Crippen MR) is 113 cm³/mol. The molecule has 0 unspecified atom stereocenters. The number of amides is 2. The number of anilines is 1. The van der Waals surface area contributed by atoms with E-state index < -0.39 is 5.66 Å². The molecule has 2 aromatic carbocycles. The molecule has 2 amide bonds. The molecule has 3 heterocycles. The summed E-state index contributed by atoms with van der Waals surface area (Å²) in [4.78, 5) is 28.0. The molecule has 2 N–H and O–H groups in total. The molecule has 1 saturated heterocycles. The zero-order chi connectivity index (χ0) is 20.5. The third-order valence-corrected chi connectivity index (χ3v) is 7.17. The molecule has 2 aliphatic heterocycles. The van der Waals surface area contributed by atoms with Gasteiger partial charge in [-0.05, 0) is 43.9 Å². The number of benzene rings is 2. The van der Waals surface area contributed by atoms with Crippen LogP contribution in [0, 0.1) is 18.8 Å². The third-order valence-electron chi connectivity index (χ3n) is 7.17. The summed E-state index contributed by atoms with van der Waals surface area (Å²) < 4.78 is 5.92. The van der Waals surface area contributed by atoms with E-state index in [0.717, 1.165) is 35.1 Å². The van der Waals surface area contributed by atoms with E-state index in [-0.39, 0.29) is 17.7 Å². The number of hydrogen-bond acceptors (Lipinski definition) is 4. The van der Waals surface area contributed by atoms with E-state index in [9.17, 15) is 9.59 Å². The second-order valence-electron chi connectivity index (χ2n) is 8.76. The van der Waals surface area contributed by atoms with Crippen molar-refractivity contribution in [2.24, 2.45) is 11.8 Å². The largest absolute Gasteiger partial charge is 0.451 e. The van der Waals surface area contributed by atoms with Crippen LogP contribution in [0.15, 0.2) is 52.9 Å². The van der Waals surface area contributed by atoms with Gasteiger partial charge in [0.1, 0.15) is 11.2 Å². The smallest absolute Gasteiger partial charge is 0.289 e. The minimum atomic E-state index is -0.492. The number of para-hydroxylation sites is 2. The van der Waals surface area contributed by atoms with Gasteiger partial charge in [0.05, 0.1) is 5.56 Å². The van der Waals surface area contributed by atoms with Crippen LogP contribution in [0.4, 0.5) is 5.69 Å². The zero-order valence-electron chi connectivity index (χ0n) is 16.8. The highest BCUT2D eigenvalue weighted by atomic mass is 16.3. The van der Waals surface area contributed by atoms with E-state index in [1.165, 1.54) is 0 Å². The van der Waals surface area contributed by atoms with E-state index in [2.05, 4.69) is 10.6 Å². The van der Waals surface area contributed by atoms with Crippen molar-refractivity contribution in [3.8, 4) is 0 Å². The van der Waals surface area contributed by atoms with Crippen molar-refractivity contribution in [1.82, 2.24) is 10.2 Å². The van der Waals surface area contributed by atoms with Gasteiger partial charge in [0.15, 0.2) is 5.76 Å². The highest BCUT2D eigenvalue weighted by Crippen LogP contribution is 2.47. The molecule has 6 heteroatoms. The van der Waals surface area contributed by atoms with E-state index in [0.29, 0.717) is 30.3 Å². The van der Waals surface area contributed by atoms with Crippen molar-refractivity contribution < 1.29 is 14.0 Å². The Bertz CT molecular complexity index is 1200. The lowest BCUT2D eigenvalue weighted by molar-refractivity contribution is 0.0738. The number of aryl methyl sites for hydroxylation is 1. The van der Waals surface area contributed by atoms with Crippen LogP contribution in [0.1, 0.15) is 39.3 Å². The third kappa shape index (κ3) is 2.36. The number of rotatable bonds is 1. The summed E-state index contributed by atoms with van der Waals surface area (Å²) in [6.07, 6.45) is 1.84. The molecule has 30 heavy (non-hydrogen) atoms. The average molecular weight is 401 g/mol. The van der Waals surface area contributed by atoms with Gasteiger partial charge in [-0.1, -0.05) is 30.3 Å². The monoisotopic (exact) mass is 401 g/mol. The van der Waals surface area contributed by atoms with Gasteiger partial charge in [-0.15, -0.1) is 0 Å². The van der Waals surface area contributed by atoms with Crippen molar-refractivity contribution in [3.05, 3.63) is 65.4 Å². The molecule has 3 aliphatic rings. The number of carbonyl (C=O) groups is 2. The highest BCUT2D eigenvalue weighted by molar-refractivity contribution is 6.02. The van der Waals surface area contributed by atoms with Gasteiger partial charge < -0.3 is 20.0 Å².